The number of amides is 2. The second-order valence-corrected chi connectivity index (χ2v) is 3.77. The van der Waals surface area contributed by atoms with Gasteiger partial charge in [0, 0.05) is 13.0 Å². The van der Waals surface area contributed by atoms with Crippen LogP contribution in [-0.2, 0) is 9.59 Å². The summed E-state index contributed by atoms with van der Waals surface area (Å²) in [5, 5.41) is 10.7. The van der Waals surface area contributed by atoms with Crippen LogP contribution in [0.15, 0.2) is 0 Å². The fourth-order valence-corrected chi connectivity index (χ4v) is 1.38. The molecule has 2 amide bonds. The maximum Gasteiger partial charge on any atom is 0.246 e. The van der Waals surface area contributed by atoms with Crippen LogP contribution in [0.25, 0.3) is 0 Å². The molecular weight excluding hydrogens is 182 g/mol. The highest BCUT2D eigenvalue weighted by Crippen LogP contribution is 2.17. The summed E-state index contributed by atoms with van der Waals surface area (Å²) in [5.74, 6) is -0.598. The van der Waals surface area contributed by atoms with Gasteiger partial charge in [0.05, 0.1) is 18.2 Å². The molecule has 5 nitrogen and oxygen atoms in total. The highest BCUT2D eigenvalue weighted by molar-refractivity contribution is 6.02. The van der Waals surface area contributed by atoms with Crippen LogP contribution in [0, 0.1) is 11.3 Å². The topological polar surface area (TPSA) is 73.2 Å². The Hall–Kier alpha value is -1.41. The molecule has 1 aliphatic rings. The van der Waals surface area contributed by atoms with Crippen LogP contribution in [0.1, 0.15) is 20.3 Å². The third kappa shape index (κ3) is 1.91. The van der Waals surface area contributed by atoms with Gasteiger partial charge in [-0.3, -0.25) is 19.8 Å². The number of hydrogen-bond donors (Lipinski definition) is 1. The minimum atomic E-state index is -0.704. The Kier molecular flexibility index (Phi) is 2.87. The van der Waals surface area contributed by atoms with E-state index >= 15 is 0 Å². The smallest absolute Gasteiger partial charge is 0.246 e. The van der Waals surface area contributed by atoms with Gasteiger partial charge in [0.2, 0.25) is 11.8 Å². The van der Waals surface area contributed by atoms with E-state index in [9.17, 15) is 9.59 Å². The Morgan fingerprint density at radius 2 is 2.21 bits per heavy atom. The highest BCUT2D eigenvalue weighted by Gasteiger charge is 2.40. The number of hydrogen-bond acceptors (Lipinski definition) is 4. The van der Waals surface area contributed by atoms with Crippen LogP contribution < -0.4 is 5.32 Å². The predicted molar refractivity (Wildman–Crippen MR) is 49.0 cm³/mol. The molecule has 76 valence electrons. The molecule has 1 heterocycles. The van der Waals surface area contributed by atoms with Crippen LogP contribution in [-0.4, -0.2) is 35.3 Å². The molecular formula is C9H13N3O2. The molecule has 1 aliphatic heterocycles. The predicted octanol–water partition coefficient (Wildman–Crippen LogP) is -0.363. The van der Waals surface area contributed by atoms with Gasteiger partial charge in [-0.15, -0.1) is 0 Å². The molecule has 0 spiro atoms. The summed E-state index contributed by atoms with van der Waals surface area (Å²) < 4.78 is 0. The van der Waals surface area contributed by atoms with Gasteiger partial charge < -0.3 is 0 Å². The van der Waals surface area contributed by atoms with E-state index in [-0.39, 0.29) is 18.4 Å². The number of rotatable bonds is 2. The van der Waals surface area contributed by atoms with Crippen molar-refractivity contribution in [3.63, 3.8) is 0 Å². The van der Waals surface area contributed by atoms with Gasteiger partial charge in [-0.1, -0.05) is 0 Å². The second-order valence-electron chi connectivity index (χ2n) is 3.77. The van der Waals surface area contributed by atoms with Crippen molar-refractivity contribution in [2.24, 2.45) is 0 Å². The third-order valence-corrected chi connectivity index (χ3v) is 2.43. The summed E-state index contributed by atoms with van der Waals surface area (Å²) in [6.45, 7) is 4.11. The maximum atomic E-state index is 11.4. The molecule has 1 fully saturated rings. The van der Waals surface area contributed by atoms with Crippen LogP contribution >= 0.6 is 0 Å². The molecule has 0 radical (unpaired) electrons. The molecule has 5 heteroatoms. The van der Waals surface area contributed by atoms with Crippen molar-refractivity contribution >= 4 is 11.8 Å². The van der Waals surface area contributed by atoms with Crippen molar-refractivity contribution in [1.29, 1.82) is 5.26 Å². The zero-order chi connectivity index (χ0) is 10.8. The van der Waals surface area contributed by atoms with Gasteiger partial charge in [0.25, 0.3) is 0 Å². The van der Waals surface area contributed by atoms with Crippen molar-refractivity contribution in [2.75, 3.05) is 13.1 Å². The molecule has 0 bridgehead atoms. The fourth-order valence-electron chi connectivity index (χ4n) is 1.38. The average molecular weight is 195 g/mol. The lowest BCUT2D eigenvalue weighted by Gasteiger charge is -2.39. The first-order chi connectivity index (χ1) is 6.48. The summed E-state index contributed by atoms with van der Waals surface area (Å²) in [6.07, 6.45) is 0.323. The number of nitrogens with one attached hydrogen (secondary N) is 1. The highest BCUT2D eigenvalue weighted by atomic mass is 16.2. The lowest BCUT2D eigenvalue weighted by atomic mass is 9.98. The van der Waals surface area contributed by atoms with E-state index < -0.39 is 5.54 Å². The van der Waals surface area contributed by atoms with Crippen LogP contribution in [0.4, 0.5) is 0 Å². The molecule has 0 aromatic carbocycles. The lowest BCUT2D eigenvalue weighted by molar-refractivity contribution is -0.145. The van der Waals surface area contributed by atoms with Crippen molar-refractivity contribution in [2.45, 2.75) is 25.8 Å². The van der Waals surface area contributed by atoms with E-state index in [0.29, 0.717) is 13.0 Å². The van der Waals surface area contributed by atoms with Crippen molar-refractivity contribution in [1.82, 2.24) is 10.2 Å². The molecule has 1 saturated heterocycles. The minimum Gasteiger partial charge on any atom is -0.294 e. The lowest BCUT2D eigenvalue weighted by Crippen LogP contribution is -2.64. The van der Waals surface area contributed by atoms with Gasteiger partial charge in [-0.25, -0.2) is 0 Å². The van der Waals surface area contributed by atoms with E-state index in [4.69, 9.17) is 5.26 Å². The van der Waals surface area contributed by atoms with E-state index in [1.807, 2.05) is 6.07 Å². The zero-order valence-electron chi connectivity index (χ0n) is 8.33. The largest absolute Gasteiger partial charge is 0.294 e. The standard InChI is InChI=1S/C9H13N3O2/c1-9(2)8(14)11-7(13)6-12(9)5-3-4-10/h3,5-6H2,1-2H3,(H,11,13,14). The normalized spacial score (nSPS) is 21.5. The number of carbonyl (C=O) groups excluding carboxylic acids is 2. The quantitative estimate of drug-likeness (QED) is 0.610. The van der Waals surface area contributed by atoms with Crippen molar-refractivity contribution < 1.29 is 9.59 Å². The Balaban J connectivity index is 2.75. The summed E-state index contributed by atoms with van der Waals surface area (Å²) in [7, 11) is 0. The molecule has 0 unspecified atom stereocenters. The summed E-state index contributed by atoms with van der Waals surface area (Å²) in [4.78, 5) is 24.2. The first-order valence-corrected chi connectivity index (χ1v) is 4.45. The Morgan fingerprint density at radius 1 is 1.57 bits per heavy atom. The summed E-state index contributed by atoms with van der Waals surface area (Å²) in [5.41, 5.74) is -0.704. The molecule has 0 aliphatic carbocycles. The number of nitrogens with zero attached hydrogens (tertiary/aromatic N) is 2. The molecule has 0 saturated carbocycles. The maximum absolute atomic E-state index is 11.4. The summed E-state index contributed by atoms with van der Waals surface area (Å²) >= 11 is 0. The van der Waals surface area contributed by atoms with Crippen molar-refractivity contribution in [3.05, 3.63) is 0 Å². The fraction of sp³-hybridized carbons (Fsp3) is 0.667. The number of piperazine rings is 1. The number of carbonyl (C=O) groups is 2. The van der Waals surface area contributed by atoms with E-state index in [0.717, 1.165) is 0 Å². The zero-order valence-corrected chi connectivity index (χ0v) is 8.33. The molecule has 1 rings (SSSR count). The third-order valence-electron chi connectivity index (χ3n) is 2.43. The SMILES string of the molecule is CC1(C)C(=O)NC(=O)CN1CCC#N. The van der Waals surface area contributed by atoms with Crippen LogP contribution in [0.2, 0.25) is 0 Å². The first-order valence-electron chi connectivity index (χ1n) is 4.45. The van der Waals surface area contributed by atoms with Gasteiger partial charge in [0.1, 0.15) is 0 Å². The number of imide groups is 1. The first kappa shape index (κ1) is 10.7. The monoisotopic (exact) mass is 195 g/mol. The minimum absolute atomic E-state index is 0.181. The molecule has 0 atom stereocenters. The van der Waals surface area contributed by atoms with Gasteiger partial charge in [0.15, 0.2) is 0 Å². The molecule has 14 heavy (non-hydrogen) atoms. The van der Waals surface area contributed by atoms with Gasteiger partial charge in [-0.05, 0) is 13.8 Å². The Bertz CT molecular complexity index is 304. The Morgan fingerprint density at radius 3 is 2.79 bits per heavy atom. The Labute approximate surface area is 82.7 Å². The van der Waals surface area contributed by atoms with Crippen molar-refractivity contribution in [3.8, 4) is 6.07 Å². The van der Waals surface area contributed by atoms with E-state index in [1.54, 1.807) is 18.7 Å². The average Bonchev–Trinajstić information content (AvgIpc) is 2.09. The van der Waals surface area contributed by atoms with E-state index in [2.05, 4.69) is 5.32 Å². The van der Waals surface area contributed by atoms with E-state index in [1.165, 1.54) is 0 Å². The molecule has 1 N–H and O–H groups in total. The number of nitriles is 1. The second kappa shape index (κ2) is 3.76. The summed E-state index contributed by atoms with van der Waals surface area (Å²) in [6, 6.07) is 2.00. The van der Waals surface area contributed by atoms with Crippen LogP contribution in [0.3, 0.4) is 0 Å². The van der Waals surface area contributed by atoms with Crippen LogP contribution in [0.5, 0.6) is 0 Å². The molecule has 0 aromatic heterocycles. The molecule has 0 aromatic rings. The van der Waals surface area contributed by atoms with Gasteiger partial charge in [-0.2, -0.15) is 5.26 Å². The van der Waals surface area contributed by atoms with Gasteiger partial charge >= 0.3 is 0 Å².